The van der Waals surface area contributed by atoms with Gasteiger partial charge in [-0.25, -0.2) is 0 Å². The minimum Gasteiger partial charge on any atom is -0.461 e. The Kier molecular flexibility index (Phi) is 5.02. The second-order valence-corrected chi connectivity index (χ2v) is 6.53. The van der Waals surface area contributed by atoms with Crippen LogP contribution in [0.4, 0.5) is 0 Å². The molecule has 1 saturated heterocycles. The summed E-state index contributed by atoms with van der Waals surface area (Å²) in [6.45, 7) is 7.17. The molecule has 0 spiro atoms. The number of furan rings is 1. The van der Waals surface area contributed by atoms with Crippen molar-refractivity contribution in [1.29, 1.82) is 0 Å². The van der Waals surface area contributed by atoms with Gasteiger partial charge in [0, 0.05) is 19.6 Å². The first-order valence-electron chi connectivity index (χ1n) is 7.71. The van der Waals surface area contributed by atoms with Gasteiger partial charge in [-0.1, -0.05) is 11.8 Å². The second-order valence-electron chi connectivity index (χ2n) is 5.23. The van der Waals surface area contributed by atoms with Crippen LogP contribution in [0.5, 0.6) is 0 Å². The standard InChI is InChI=1S/C15H20N4O3S/c1-3-19-13(12-5-4-8-22-12)16-17-15(19)23-11(2)14(20)18-6-9-21-10-7-18/h4-5,8,11H,3,6-7,9-10H2,1-2H3/t11-/m1/s1. The molecule has 0 saturated carbocycles. The maximum Gasteiger partial charge on any atom is 0.236 e. The minimum atomic E-state index is -0.216. The highest BCUT2D eigenvalue weighted by atomic mass is 32.2. The SMILES string of the molecule is CCn1c(S[C@H](C)C(=O)N2CCOCC2)nnc1-c1ccco1. The van der Waals surface area contributed by atoms with Crippen LogP contribution in [-0.4, -0.2) is 57.1 Å². The number of nitrogens with zero attached hydrogens (tertiary/aromatic N) is 4. The van der Waals surface area contributed by atoms with Crippen molar-refractivity contribution in [1.82, 2.24) is 19.7 Å². The van der Waals surface area contributed by atoms with Crippen molar-refractivity contribution in [3.8, 4) is 11.6 Å². The molecule has 0 aromatic carbocycles. The van der Waals surface area contributed by atoms with Gasteiger partial charge in [-0.2, -0.15) is 0 Å². The Morgan fingerprint density at radius 2 is 2.17 bits per heavy atom. The molecule has 1 amide bonds. The van der Waals surface area contributed by atoms with Crippen LogP contribution in [0.15, 0.2) is 28.0 Å². The zero-order chi connectivity index (χ0) is 16.2. The normalized spacial score (nSPS) is 16.5. The van der Waals surface area contributed by atoms with Gasteiger partial charge in [0.1, 0.15) is 0 Å². The van der Waals surface area contributed by atoms with E-state index in [4.69, 9.17) is 9.15 Å². The molecule has 8 heteroatoms. The Balaban J connectivity index is 1.73. The second kappa shape index (κ2) is 7.18. The van der Waals surface area contributed by atoms with Crippen molar-refractivity contribution in [3.05, 3.63) is 18.4 Å². The molecule has 1 aliphatic heterocycles. The summed E-state index contributed by atoms with van der Waals surface area (Å²) in [5.41, 5.74) is 0. The zero-order valence-electron chi connectivity index (χ0n) is 13.3. The van der Waals surface area contributed by atoms with Crippen molar-refractivity contribution in [2.75, 3.05) is 26.3 Å². The van der Waals surface area contributed by atoms with E-state index >= 15 is 0 Å². The summed E-state index contributed by atoms with van der Waals surface area (Å²) in [7, 11) is 0. The summed E-state index contributed by atoms with van der Waals surface area (Å²) < 4.78 is 12.7. The fourth-order valence-electron chi connectivity index (χ4n) is 2.50. The van der Waals surface area contributed by atoms with E-state index in [1.165, 1.54) is 11.8 Å². The summed E-state index contributed by atoms with van der Waals surface area (Å²) in [6.07, 6.45) is 1.61. The molecule has 3 rings (SSSR count). The topological polar surface area (TPSA) is 73.4 Å². The summed E-state index contributed by atoms with van der Waals surface area (Å²) in [5, 5.41) is 8.95. The highest BCUT2D eigenvalue weighted by Gasteiger charge is 2.25. The fourth-order valence-corrected chi connectivity index (χ4v) is 3.50. The lowest BCUT2D eigenvalue weighted by atomic mass is 10.3. The van der Waals surface area contributed by atoms with Crippen molar-refractivity contribution >= 4 is 17.7 Å². The molecule has 1 aliphatic rings. The number of ether oxygens (including phenoxy) is 1. The molecule has 1 fully saturated rings. The molecule has 124 valence electrons. The number of thioether (sulfide) groups is 1. The summed E-state index contributed by atoms with van der Waals surface area (Å²) in [6, 6.07) is 3.67. The molecule has 0 N–H and O–H groups in total. The molecule has 0 radical (unpaired) electrons. The molecule has 7 nitrogen and oxygen atoms in total. The summed E-state index contributed by atoms with van der Waals surface area (Å²) in [4.78, 5) is 14.4. The lowest BCUT2D eigenvalue weighted by Gasteiger charge is -2.28. The van der Waals surface area contributed by atoms with E-state index in [1.54, 1.807) is 6.26 Å². The molecular formula is C15H20N4O3S. The number of aromatic nitrogens is 3. The van der Waals surface area contributed by atoms with Crippen LogP contribution >= 0.6 is 11.8 Å². The number of amides is 1. The molecule has 23 heavy (non-hydrogen) atoms. The number of carbonyl (C=O) groups is 1. The number of hydrogen-bond donors (Lipinski definition) is 0. The third-order valence-corrected chi connectivity index (χ3v) is 4.80. The Hall–Kier alpha value is -1.80. The first-order chi connectivity index (χ1) is 11.2. The largest absolute Gasteiger partial charge is 0.461 e. The lowest BCUT2D eigenvalue weighted by Crippen LogP contribution is -2.44. The Morgan fingerprint density at radius 1 is 1.39 bits per heavy atom. The first kappa shape index (κ1) is 16.1. The Labute approximate surface area is 139 Å². The molecule has 2 aromatic rings. The van der Waals surface area contributed by atoms with Crippen LogP contribution in [0.2, 0.25) is 0 Å². The minimum absolute atomic E-state index is 0.114. The Bertz CT molecular complexity index is 650. The highest BCUT2D eigenvalue weighted by molar-refractivity contribution is 8.00. The van der Waals surface area contributed by atoms with Gasteiger partial charge in [-0.05, 0) is 26.0 Å². The van der Waals surface area contributed by atoms with Crippen LogP contribution < -0.4 is 0 Å². The van der Waals surface area contributed by atoms with Gasteiger partial charge in [-0.3, -0.25) is 9.36 Å². The predicted octanol–water partition coefficient (Wildman–Crippen LogP) is 1.90. The zero-order valence-corrected chi connectivity index (χ0v) is 14.1. The predicted molar refractivity (Wildman–Crippen MR) is 86.1 cm³/mol. The van der Waals surface area contributed by atoms with Gasteiger partial charge in [-0.15, -0.1) is 10.2 Å². The average Bonchev–Trinajstić information content (AvgIpc) is 3.23. The van der Waals surface area contributed by atoms with E-state index in [-0.39, 0.29) is 11.2 Å². The maximum atomic E-state index is 12.5. The van der Waals surface area contributed by atoms with Gasteiger partial charge < -0.3 is 14.1 Å². The van der Waals surface area contributed by atoms with Gasteiger partial charge >= 0.3 is 0 Å². The quantitative estimate of drug-likeness (QED) is 0.777. The van der Waals surface area contributed by atoms with Crippen LogP contribution in [0.25, 0.3) is 11.6 Å². The highest BCUT2D eigenvalue weighted by Crippen LogP contribution is 2.27. The molecule has 1 atom stereocenters. The summed E-state index contributed by atoms with van der Waals surface area (Å²) in [5.74, 6) is 1.48. The van der Waals surface area contributed by atoms with Crippen LogP contribution in [0, 0.1) is 0 Å². The van der Waals surface area contributed by atoms with E-state index in [2.05, 4.69) is 10.2 Å². The van der Waals surface area contributed by atoms with Crippen LogP contribution in [-0.2, 0) is 16.1 Å². The van der Waals surface area contributed by atoms with Crippen molar-refractivity contribution < 1.29 is 13.9 Å². The molecule has 0 bridgehead atoms. The smallest absolute Gasteiger partial charge is 0.236 e. The first-order valence-corrected chi connectivity index (χ1v) is 8.59. The van der Waals surface area contributed by atoms with E-state index in [9.17, 15) is 4.79 Å². The monoisotopic (exact) mass is 336 g/mol. The molecular weight excluding hydrogens is 316 g/mol. The average molecular weight is 336 g/mol. The van der Waals surface area contributed by atoms with Gasteiger partial charge in [0.2, 0.25) is 5.91 Å². The number of carbonyl (C=O) groups excluding carboxylic acids is 1. The van der Waals surface area contributed by atoms with E-state index in [1.807, 2.05) is 35.4 Å². The van der Waals surface area contributed by atoms with Crippen LogP contribution in [0.3, 0.4) is 0 Å². The van der Waals surface area contributed by atoms with Gasteiger partial charge in [0.05, 0.1) is 24.7 Å². The number of morpholine rings is 1. The molecule has 0 unspecified atom stereocenters. The fraction of sp³-hybridized carbons (Fsp3) is 0.533. The third kappa shape index (κ3) is 3.42. The third-order valence-electron chi connectivity index (χ3n) is 3.73. The summed E-state index contributed by atoms with van der Waals surface area (Å²) >= 11 is 1.43. The Morgan fingerprint density at radius 3 is 2.83 bits per heavy atom. The van der Waals surface area contributed by atoms with Gasteiger partial charge in [0.25, 0.3) is 0 Å². The molecule has 2 aromatic heterocycles. The van der Waals surface area contributed by atoms with Crippen molar-refractivity contribution in [2.24, 2.45) is 0 Å². The number of hydrogen-bond acceptors (Lipinski definition) is 6. The lowest BCUT2D eigenvalue weighted by molar-refractivity contribution is -0.134. The van der Waals surface area contributed by atoms with E-state index < -0.39 is 0 Å². The van der Waals surface area contributed by atoms with Crippen molar-refractivity contribution in [2.45, 2.75) is 30.8 Å². The van der Waals surface area contributed by atoms with Crippen LogP contribution in [0.1, 0.15) is 13.8 Å². The van der Waals surface area contributed by atoms with Gasteiger partial charge in [0.15, 0.2) is 16.7 Å². The maximum absolute atomic E-state index is 12.5. The number of rotatable bonds is 5. The van der Waals surface area contributed by atoms with E-state index in [0.717, 1.165) is 5.16 Å². The molecule has 3 heterocycles. The van der Waals surface area contributed by atoms with Crippen molar-refractivity contribution in [3.63, 3.8) is 0 Å². The van der Waals surface area contributed by atoms with E-state index in [0.29, 0.717) is 44.4 Å². The molecule has 0 aliphatic carbocycles.